The molecule has 1 N–H and O–H groups in total. The van der Waals surface area contributed by atoms with Crippen molar-refractivity contribution in [3.63, 3.8) is 0 Å². The maximum absolute atomic E-state index is 13.7. The number of nitrogens with zero attached hydrogens (tertiary/aromatic N) is 1. The van der Waals surface area contributed by atoms with Gasteiger partial charge in [0.2, 0.25) is 0 Å². The predicted octanol–water partition coefficient (Wildman–Crippen LogP) is 7.93. The van der Waals surface area contributed by atoms with Crippen LogP contribution in [0.2, 0.25) is 0 Å². The van der Waals surface area contributed by atoms with E-state index in [9.17, 15) is 14.5 Å². The number of anilines is 1. The van der Waals surface area contributed by atoms with Crippen LogP contribution in [0.25, 0.3) is 10.8 Å². The predicted molar refractivity (Wildman–Crippen MR) is 140 cm³/mol. The lowest BCUT2D eigenvalue weighted by atomic mass is 9.75. The first-order chi connectivity index (χ1) is 17.0. The van der Waals surface area contributed by atoms with E-state index in [0.29, 0.717) is 4.90 Å². The van der Waals surface area contributed by atoms with Crippen LogP contribution >= 0.6 is 23.4 Å². The molecule has 5 atom stereocenters. The fourth-order valence-electron chi connectivity index (χ4n) is 5.77. The molecule has 176 valence electrons. The Morgan fingerprint density at radius 2 is 1.71 bits per heavy atom. The van der Waals surface area contributed by atoms with E-state index < -0.39 is 0 Å². The molecule has 6 rings (SSSR count). The SMILES string of the molecule is O=[N+]([O-])c1ccccc1S[C@H]1C[C@@H]2[C@H](c3c(ccc4ccccc34)N[C@H]2c2ccc(F)cc2)[C@H]1Cl. The van der Waals surface area contributed by atoms with Gasteiger partial charge in [0.25, 0.3) is 5.69 Å². The Bertz CT molecular complexity index is 1430. The summed E-state index contributed by atoms with van der Waals surface area (Å²) in [7, 11) is 0. The zero-order valence-electron chi connectivity index (χ0n) is 18.6. The number of hydrogen-bond donors (Lipinski definition) is 1. The van der Waals surface area contributed by atoms with Crippen molar-refractivity contribution in [1.29, 1.82) is 0 Å². The van der Waals surface area contributed by atoms with Crippen LogP contribution in [0.4, 0.5) is 15.8 Å². The number of thioether (sulfide) groups is 1. The Kier molecular flexibility index (Phi) is 5.66. The number of benzene rings is 4. The van der Waals surface area contributed by atoms with Gasteiger partial charge < -0.3 is 5.32 Å². The van der Waals surface area contributed by atoms with Crippen molar-refractivity contribution in [3.8, 4) is 0 Å². The highest BCUT2D eigenvalue weighted by Crippen LogP contribution is 2.59. The van der Waals surface area contributed by atoms with Crippen molar-refractivity contribution >= 4 is 45.5 Å². The quantitative estimate of drug-likeness (QED) is 0.174. The van der Waals surface area contributed by atoms with Gasteiger partial charge in [-0.15, -0.1) is 23.4 Å². The Morgan fingerprint density at radius 1 is 0.971 bits per heavy atom. The van der Waals surface area contributed by atoms with Gasteiger partial charge in [0.05, 0.1) is 21.2 Å². The summed E-state index contributed by atoms with van der Waals surface area (Å²) in [5, 5.41) is 17.5. The molecule has 0 radical (unpaired) electrons. The zero-order chi connectivity index (χ0) is 24.1. The van der Waals surface area contributed by atoms with Crippen LogP contribution in [0, 0.1) is 21.8 Å². The molecule has 1 saturated carbocycles. The molecule has 0 bridgehead atoms. The maximum Gasteiger partial charge on any atom is 0.282 e. The number of nitro groups is 1. The summed E-state index contributed by atoms with van der Waals surface area (Å²) in [4.78, 5) is 11.9. The number of para-hydroxylation sites is 1. The largest absolute Gasteiger partial charge is 0.378 e. The van der Waals surface area contributed by atoms with Crippen LogP contribution < -0.4 is 5.32 Å². The van der Waals surface area contributed by atoms with Crippen molar-refractivity contribution < 1.29 is 9.31 Å². The topological polar surface area (TPSA) is 55.2 Å². The summed E-state index contributed by atoms with van der Waals surface area (Å²) in [6.45, 7) is 0. The van der Waals surface area contributed by atoms with E-state index >= 15 is 0 Å². The number of nitrogens with one attached hydrogen (secondary N) is 1. The van der Waals surface area contributed by atoms with E-state index in [2.05, 4.69) is 29.6 Å². The third kappa shape index (κ3) is 3.85. The van der Waals surface area contributed by atoms with Gasteiger partial charge in [-0.25, -0.2) is 4.39 Å². The minimum atomic E-state index is -0.334. The first-order valence-corrected chi connectivity index (χ1v) is 12.9. The zero-order valence-corrected chi connectivity index (χ0v) is 20.2. The van der Waals surface area contributed by atoms with Gasteiger partial charge in [0, 0.05) is 22.9 Å². The van der Waals surface area contributed by atoms with E-state index in [-0.39, 0.29) is 44.9 Å². The fraction of sp³-hybridized carbons (Fsp3) is 0.214. The third-order valence-electron chi connectivity index (χ3n) is 7.28. The van der Waals surface area contributed by atoms with Gasteiger partial charge in [0.1, 0.15) is 5.82 Å². The molecule has 1 heterocycles. The normalized spacial score (nSPS) is 25.0. The van der Waals surface area contributed by atoms with Crippen molar-refractivity contribution in [2.45, 2.75) is 33.9 Å². The second kappa shape index (κ2) is 8.85. The lowest BCUT2D eigenvalue weighted by molar-refractivity contribution is -0.387. The molecule has 2 aliphatic rings. The molecule has 1 aliphatic carbocycles. The molecule has 0 unspecified atom stereocenters. The van der Waals surface area contributed by atoms with Crippen LogP contribution in [0.15, 0.2) is 89.8 Å². The summed E-state index contributed by atoms with van der Waals surface area (Å²) >= 11 is 8.76. The van der Waals surface area contributed by atoms with Gasteiger partial charge in [0.15, 0.2) is 0 Å². The third-order valence-corrected chi connectivity index (χ3v) is 9.39. The molecule has 4 nitrogen and oxygen atoms in total. The van der Waals surface area contributed by atoms with Crippen LogP contribution in [-0.2, 0) is 0 Å². The van der Waals surface area contributed by atoms with E-state index in [0.717, 1.165) is 23.1 Å². The van der Waals surface area contributed by atoms with Gasteiger partial charge >= 0.3 is 0 Å². The first kappa shape index (κ1) is 22.4. The molecule has 0 saturated heterocycles. The van der Waals surface area contributed by atoms with Crippen LogP contribution in [0.3, 0.4) is 0 Å². The number of halogens is 2. The maximum atomic E-state index is 13.7. The standard InChI is InChI=1S/C28H22ClFN2O2S/c29-27-24(35-23-8-4-3-7-22(23)32(33)34)15-20-26(27)25-19-6-2-1-5-16(19)11-14-21(25)31-28(20)17-9-12-18(30)13-10-17/h1-14,20,24,26-28,31H,15H2/t20-,24+,26-,27+,28+/m1/s1. The monoisotopic (exact) mass is 504 g/mol. The molecule has 4 aromatic rings. The molecule has 7 heteroatoms. The van der Waals surface area contributed by atoms with Gasteiger partial charge in [-0.2, -0.15) is 0 Å². The highest BCUT2D eigenvalue weighted by Gasteiger charge is 2.50. The molecule has 35 heavy (non-hydrogen) atoms. The molecular formula is C28H22ClFN2O2S. The summed E-state index contributed by atoms with van der Waals surface area (Å²) in [6.07, 6.45) is 0.785. The number of hydrogen-bond acceptors (Lipinski definition) is 4. The lowest BCUT2D eigenvalue weighted by Crippen LogP contribution is -2.31. The molecule has 0 aromatic heterocycles. The van der Waals surface area contributed by atoms with Crippen LogP contribution in [0.5, 0.6) is 0 Å². The average molecular weight is 505 g/mol. The number of rotatable bonds is 4. The van der Waals surface area contributed by atoms with E-state index in [1.165, 1.54) is 34.8 Å². The highest BCUT2D eigenvalue weighted by molar-refractivity contribution is 8.00. The Morgan fingerprint density at radius 3 is 2.51 bits per heavy atom. The van der Waals surface area contributed by atoms with E-state index in [1.54, 1.807) is 18.2 Å². The molecular weight excluding hydrogens is 483 g/mol. The second-order valence-corrected chi connectivity index (χ2v) is 11.0. The van der Waals surface area contributed by atoms with Crippen LogP contribution in [0.1, 0.15) is 29.5 Å². The first-order valence-electron chi connectivity index (χ1n) is 11.6. The van der Waals surface area contributed by atoms with Crippen molar-refractivity contribution in [3.05, 3.63) is 112 Å². The molecule has 4 aromatic carbocycles. The smallest absolute Gasteiger partial charge is 0.282 e. The fourth-order valence-corrected chi connectivity index (χ4v) is 7.70. The van der Waals surface area contributed by atoms with Gasteiger partial charge in [-0.3, -0.25) is 10.1 Å². The summed E-state index contributed by atoms with van der Waals surface area (Å²) < 4.78 is 13.7. The van der Waals surface area contributed by atoms with Crippen molar-refractivity contribution in [2.24, 2.45) is 5.92 Å². The Balaban J connectivity index is 1.45. The van der Waals surface area contributed by atoms with Gasteiger partial charge in [-0.1, -0.05) is 54.6 Å². The van der Waals surface area contributed by atoms with E-state index in [4.69, 9.17) is 11.6 Å². The summed E-state index contributed by atoms with van der Waals surface area (Å²) in [6, 6.07) is 26.0. The number of alkyl halides is 1. The van der Waals surface area contributed by atoms with Crippen molar-refractivity contribution in [1.82, 2.24) is 0 Å². The van der Waals surface area contributed by atoms with Crippen molar-refractivity contribution in [2.75, 3.05) is 5.32 Å². The molecule has 0 spiro atoms. The number of fused-ring (bicyclic) bond motifs is 5. The summed E-state index contributed by atoms with van der Waals surface area (Å²) in [5.74, 6) is -0.0603. The molecule has 1 fully saturated rings. The second-order valence-electron chi connectivity index (χ2n) is 9.17. The highest BCUT2D eigenvalue weighted by atomic mass is 35.5. The summed E-state index contributed by atoms with van der Waals surface area (Å²) in [5.41, 5.74) is 3.37. The van der Waals surface area contributed by atoms with Gasteiger partial charge in [-0.05, 0) is 58.5 Å². The van der Waals surface area contributed by atoms with E-state index in [1.807, 2.05) is 30.3 Å². The lowest BCUT2D eigenvalue weighted by Gasteiger charge is -2.39. The molecule has 0 amide bonds. The Labute approximate surface area is 211 Å². The number of nitro benzene ring substituents is 1. The minimum Gasteiger partial charge on any atom is -0.378 e. The molecule has 1 aliphatic heterocycles. The minimum absolute atomic E-state index is 0.0116. The Hall–Kier alpha value is -3.09. The van der Waals surface area contributed by atoms with Crippen LogP contribution in [-0.4, -0.2) is 15.6 Å². The average Bonchev–Trinajstić information content (AvgIpc) is 3.20.